The summed E-state index contributed by atoms with van der Waals surface area (Å²) in [6, 6.07) is -11.0. The van der Waals surface area contributed by atoms with Gasteiger partial charge >= 0.3 is 5.97 Å². The number of nitrogens with one attached hydrogen (secondary N) is 8. The highest BCUT2D eigenvalue weighted by molar-refractivity contribution is 7.80. The molecule has 11 N–H and O–H groups in total. The van der Waals surface area contributed by atoms with E-state index in [0.29, 0.717) is 6.42 Å². The van der Waals surface area contributed by atoms with Crippen molar-refractivity contribution in [2.45, 2.75) is 176 Å². The second kappa shape index (κ2) is 29.4. The van der Waals surface area contributed by atoms with Crippen LogP contribution >= 0.6 is 25.3 Å². The SMILES string of the molecule is CC(C)C[C@H](NC(=O)[C@@H](NC(=O)[C@H](C)NC(=O)[C@H](C)NC(=O)[C@@H](N)CS)C(C)C)C(=O)N[C@@H](CC(C)C)C(=O)N1CCC[C@H]1C(=O)N[C@H](C(=O)N[C@@H](CC(C)C)C(=O)N[C@@H](CS)C(=O)O)C(C)C. The predicted molar refractivity (Wildman–Crippen MR) is 263 cm³/mol. The van der Waals surface area contributed by atoms with E-state index in [1.807, 2.05) is 41.5 Å². The van der Waals surface area contributed by atoms with E-state index in [-0.39, 0.29) is 61.5 Å². The van der Waals surface area contributed by atoms with Gasteiger partial charge in [0.1, 0.15) is 54.4 Å². The molecular formula is C45H80N10O11S2. The monoisotopic (exact) mass is 1000 g/mol. The molecule has 68 heavy (non-hydrogen) atoms. The molecule has 9 amide bonds. The minimum Gasteiger partial charge on any atom is -0.480 e. The number of hydrogen-bond donors (Lipinski definition) is 12. The molecule has 1 saturated heterocycles. The van der Waals surface area contributed by atoms with Crippen molar-refractivity contribution in [3.8, 4) is 0 Å². The van der Waals surface area contributed by atoms with Crippen molar-refractivity contribution in [3.63, 3.8) is 0 Å². The number of carbonyl (C=O) groups excluding carboxylic acids is 9. The molecule has 1 heterocycles. The van der Waals surface area contributed by atoms with Gasteiger partial charge in [0.15, 0.2) is 0 Å². The Hall–Kier alpha value is -4.64. The third-order valence-corrected chi connectivity index (χ3v) is 11.9. The van der Waals surface area contributed by atoms with E-state index in [1.54, 1.807) is 27.7 Å². The normalized spacial score (nSPS) is 17.8. The molecule has 1 aliphatic rings. The average Bonchev–Trinajstić information content (AvgIpc) is 3.74. The van der Waals surface area contributed by atoms with E-state index in [2.05, 4.69) is 67.8 Å². The number of carboxylic acid groups (broad SMARTS) is 1. The van der Waals surface area contributed by atoms with E-state index in [9.17, 15) is 53.1 Å². The van der Waals surface area contributed by atoms with Crippen molar-refractivity contribution in [1.29, 1.82) is 0 Å². The van der Waals surface area contributed by atoms with Crippen LogP contribution in [-0.2, 0) is 47.9 Å². The molecule has 0 unspecified atom stereocenters. The van der Waals surface area contributed by atoms with Crippen LogP contribution in [0.15, 0.2) is 0 Å². The van der Waals surface area contributed by atoms with Gasteiger partial charge in [0.25, 0.3) is 0 Å². The molecule has 21 nitrogen and oxygen atoms in total. The number of carboxylic acids is 1. The van der Waals surface area contributed by atoms with E-state index < -0.39 is 131 Å². The minimum atomic E-state index is -1.29. The molecule has 0 saturated carbocycles. The highest BCUT2D eigenvalue weighted by atomic mass is 32.1. The van der Waals surface area contributed by atoms with Crippen LogP contribution in [0.1, 0.15) is 115 Å². The first-order chi connectivity index (χ1) is 31.6. The lowest BCUT2D eigenvalue weighted by Gasteiger charge is -2.32. The summed E-state index contributed by atoms with van der Waals surface area (Å²) in [7, 11) is 0. The second-order valence-corrected chi connectivity index (χ2v) is 20.3. The molecule has 0 bridgehead atoms. The zero-order valence-electron chi connectivity index (χ0n) is 41.8. The van der Waals surface area contributed by atoms with E-state index in [1.165, 1.54) is 18.7 Å². The van der Waals surface area contributed by atoms with Gasteiger partial charge in [-0.15, -0.1) is 0 Å². The molecule has 388 valence electrons. The highest BCUT2D eigenvalue weighted by Gasteiger charge is 2.41. The topological polar surface area (TPSA) is 316 Å². The minimum absolute atomic E-state index is 0.0572. The number of carbonyl (C=O) groups is 10. The summed E-state index contributed by atoms with van der Waals surface area (Å²) in [5.41, 5.74) is 5.66. The van der Waals surface area contributed by atoms with Gasteiger partial charge in [-0.2, -0.15) is 25.3 Å². The number of thiol groups is 2. The van der Waals surface area contributed by atoms with E-state index >= 15 is 0 Å². The van der Waals surface area contributed by atoms with Crippen LogP contribution in [0.3, 0.4) is 0 Å². The van der Waals surface area contributed by atoms with Crippen LogP contribution in [0.5, 0.6) is 0 Å². The Labute approximate surface area is 412 Å². The van der Waals surface area contributed by atoms with Crippen molar-refractivity contribution in [1.82, 2.24) is 47.4 Å². The van der Waals surface area contributed by atoms with Gasteiger partial charge in [0, 0.05) is 18.1 Å². The standard InChI is InChI=1S/C45H80N10O11S2/c1-21(2)16-29(49-42(62)34(24(7)8)53-37(57)27(12)47-36(56)26(11)48-38(58)28(46)19-67)39(59)51-31(18-23(5)6)44(64)55-15-13-14-33(55)41(61)54-35(25(9)10)43(63)50-30(17-22(3)4)40(60)52-32(20-68)45(65)66/h21-35,67-68H,13-20,46H2,1-12H3,(H,47,56)(H,48,58)(H,49,62)(H,50,63)(H,51,59)(H,52,60)(H,53,57)(H,54,61)(H,65,66)/t26-,27-,28-,29-,30-,31-,32-,33-,34-,35-/m0/s1. The molecular weight excluding hydrogens is 921 g/mol. The Morgan fingerprint density at radius 3 is 1.32 bits per heavy atom. The van der Waals surface area contributed by atoms with Crippen LogP contribution in [0, 0.1) is 29.6 Å². The van der Waals surface area contributed by atoms with Crippen LogP contribution in [0.25, 0.3) is 0 Å². The Morgan fingerprint density at radius 1 is 0.515 bits per heavy atom. The predicted octanol–water partition coefficient (Wildman–Crippen LogP) is -0.383. The number of hydrogen-bond acceptors (Lipinski definition) is 13. The molecule has 0 radical (unpaired) electrons. The van der Waals surface area contributed by atoms with Gasteiger partial charge in [-0.3, -0.25) is 43.2 Å². The van der Waals surface area contributed by atoms with Crippen molar-refractivity contribution < 1.29 is 53.1 Å². The van der Waals surface area contributed by atoms with Gasteiger partial charge in [0.05, 0.1) is 6.04 Å². The van der Waals surface area contributed by atoms with Crippen LogP contribution in [0.4, 0.5) is 0 Å². The Morgan fingerprint density at radius 2 is 0.912 bits per heavy atom. The number of nitrogens with zero attached hydrogens (tertiary/aromatic N) is 1. The zero-order valence-corrected chi connectivity index (χ0v) is 43.6. The maximum Gasteiger partial charge on any atom is 0.327 e. The van der Waals surface area contributed by atoms with E-state index in [0.717, 1.165) is 0 Å². The summed E-state index contributed by atoms with van der Waals surface area (Å²) in [5, 5.41) is 30.5. The molecule has 0 aliphatic carbocycles. The summed E-state index contributed by atoms with van der Waals surface area (Å²) in [6.45, 7) is 20.9. The van der Waals surface area contributed by atoms with Crippen molar-refractivity contribution in [3.05, 3.63) is 0 Å². The smallest absolute Gasteiger partial charge is 0.327 e. The number of likely N-dealkylation sites (tertiary alicyclic amines) is 1. The van der Waals surface area contributed by atoms with Crippen molar-refractivity contribution >= 4 is 84.4 Å². The lowest BCUT2D eigenvalue weighted by molar-refractivity contribution is -0.143. The Bertz CT molecular complexity index is 1770. The van der Waals surface area contributed by atoms with Crippen LogP contribution in [-0.4, -0.2) is 148 Å². The summed E-state index contributed by atoms with van der Waals surface area (Å²) >= 11 is 7.98. The Balaban J connectivity index is 3.26. The molecule has 10 atom stereocenters. The van der Waals surface area contributed by atoms with E-state index in [4.69, 9.17) is 5.73 Å². The summed E-state index contributed by atoms with van der Waals surface area (Å²) in [4.78, 5) is 134. The van der Waals surface area contributed by atoms with Gasteiger partial charge < -0.3 is 58.3 Å². The number of amides is 9. The fraction of sp³-hybridized carbons (Fsp3) is 0.778. The molecule has 0 aromatic heterocycles. The molecule has 1 rings (SSSR count). The summed E-state index contributed by atoms with van der Waals surface area (Å²) in [6.07, 6.45) is 1.24. The first-order valence-corrected chi connectivity index (χ1v) is 24.8. The lowest BCUT2D eigenvalue weighted by Crippen LogP contribution is -2.61. The van der Waals surface area contributed by atoms with Crippen LogP contribution in [0.2, 0.25) is 0 Å². The number of rotatable bonds is 28. The maximum atomic E-state index is 14.4. The fourth-order valence-corrected chi connectivity index (χ4v) is 7.74. The van der Waals surface area contributed by atoms with Gasteiger partial charge in [0.2, 0.25) is 53.2 Å². The largest absolute Gasteiger partial charge is 0.480 e. The quantitative estimate of drug-likeness (QED) is 0.0447. The van der Waals surface area contributed by atoms with Crippen molar-refractivity contribution in [2.24, 2.45) is 35.3 Å². The van der Waals surface area contributed by atoms with Gasteiger partial charge in [-0.25, -0.2) is 4.79 Å². The molecule has 0 spiro atoms. The zero-order chi connectivity index (χ0) is 52.3. The lowest BCUT2D eigenvalue weighted by atomic mass is 9.98. The Kier molecular flexibility index (Phi) is 26.5. The van der Waals surface area contributed by atoms with Gasteiger partial charge in [-0.1, -0.05) is 69.2 Å². The maximum absolute atomic E-state index is 14.4. The fourth-order valence-electron chi connectivity index (χ4n) is 7.33. The molecule has 0 aromatic carbocycles. The average molecular weight is 1000 g/mol. The molecule has 23 heteroatoms. The molecule has 1 fully saturated rings. The summed E-state index contributed by atoms with van der Waals surface area (Å²) in [5.74, 6) is -8.47. The second-order valence-electron chi connectivity index (χ2n) is 19.6. The number of aliphatic carboxylic acids is 1. The first kappa shape index (κ1) is 61.4. The third kappa shape index (κ3) is 20.1. The third-order valence-electron chi connectivity index (χ3n) is 11.2. The van der Waals surface area contributed by atoms with Gasteiger partial charge in [-0.05, 0) is 75.5 Å². The summed E-state index contributed by atoms with van der Waals surface area (Å²) < 4.78 is 0. The highest BCUT2D eigenvalue weighted by Crippen LogP contribution is 2.22. The molecule has 1 aliphatic heterocycles. The molecule has 0 aromatic rings. The number of nitrogens with two attached hydrogens (primary N) is 1. The van der Waals surface area contributed by atoms with Crippen molar-refractivity contribution in [2.75, 3.05) is 18.1 Å². The first-order valence-electron chi connectivity index (χ1n) is 23.5. The van der Waals surface area contributed by atoms with Crippen LogP contribution < -0.4 is 48.3 Å².